The van der Waals surface area contributed by atoms with Crippen molar-refractivity contribution in [1.29, 1.82) is 0 Å². The van der Waals surface area contributed by atoms with Crippen molar-refractivity contribution in [3.8, 4) is 11.1 Å². The van der Waals surface area contributed by atoms with E-state index in [1.54, 1.807) is 6.92 Å². The van der Waals surface area contributed by atoms with Crippen LogP contribution in [-0.2, 0) is 0 Å². The Labute approximate surface area is 150 Å². The van der Waals surface area contributed by atoms with Gasteiger partial charge in [0.2, 0.25) is 0 Å². The predicted octanol–water partition coefficient (Wildman–Crippen LogP) is 4.01. The molecule has 0 amide bonds. The Morgan fingerprint density at radius 2 is 1.52 bits per heavy atom. The third-order valence-electron chi connectivity index (χ3n) is 5.65. The smallest absolute Gasteiger partial charge is 0.136 e. The van der Waals surface area contributed by atoms with E-state index in [0.29, 0.717) is 0 Å². The van der Waals surface area contributed by atoms with Gasteiger partial charge in [-0.15, -0.1) is 0 Å². The molecule has 0 aromatic heterocycles. The van der Waals surface area contributed by atoms with Gasteiger partial charge in [-0.3, -0.25) is 4.90 Å². The molecular weight excluding hydrogens is 310 g/mol. The maximum atomic E-state index is 11.2. The zero-order chi connectivity index (χ0) is 17.9. The summed E-state index contributed by atoms with van der Waals surface area (Å²) in [6.07, 6.45) is 2.52. The van der Waals surface area contributed by atoms with Crippen LogP contribution in [0, 0.1) is 0 Å². The number of aliphatic hydroxyl groups is 2. The number of rotatable bonds is 5. The van der Waals surface area contributed by atoms with Crippen molar-refractivity contribution in [3.05, 3.63) is 60.2 Å². The first-order valence-corrected chi connectivity index (χ1v) is 9.30. The molecule has 3 nitrogen and oxygen atoms in total. The molecule has 0 bridgehead atoms. The molecule has 1 heterocycles. The molecule has 1 saturated heterocycles. The van der Waals surface area contributed by atoms with E-state index in [1.165, 1.54) is 6.42 Å². The van der Waals surface area contributed by atoms with Gasteiger partial charge in [0.15, 0.2) is 0 Å². The van der Waals surface area contributed by atoms with E-state index in [2.05, 4.69) is 24.3 Å². The molecule has 3 unspecified atom stereocenters. The minimum atomic E-state index is -1.22. The number of likely N-dealkylation sites (tertiary alicyclic amines) is 1. The summed E-state index contributed by atoms with van der Waals surface area (Å²) in [5.41, 5.74) is 2.09. The minimum Gasteiger partial charge on any atom is -0.385 e. The van der Waals surface area contributed by atoms with Gasteiger partial charge < -0.3 is 10.2 Å². The van der Waals surface area contributed by atoms with E-state index >= 15 is 0 Å². The van der Waals surface area contributed by atoms with Gasteiger partial charge in [0, 0.05) is 19.0 Å². The molecule has 2 aromatic carbocycles. The minimum absolute atomic E-state index is 0.194. The Balaban J connectivity index is 1.90. The van der Waals surface area contributed by atoms with Gasteiger partial charge in [-0.25, -0.2) is 0 Å². The molecule has 1 aliphatic heterocycles. The average Bonchev–Trinajstić information content (AvgIpc) is 2.68. The third-order valence-corrected chi connectivity index (χ3v) is 5.65. The fourth-order valence-corrected chi connectivity index (χ4v) is 3.83. The Hall–Kier alpha value is -1.68. The largest absolute Gasteiger partial charge is 0.385 e. The molecule has 3 heteroatoms. The van der Waals surface area contributed by atoms with Crippen LogP contribution in [0.15, 0.2) is 54.6 Å². The van der Waals surface area contributed by atoms with Crippen LogP contribution in [0.5, 0.6) is 0 Å². The monoisotopic (exact) mass is 339 g/mol. The van der Waals surface area contributed by atoms with Crippen LogP contribution >= 0.6 is 0 Å². The highest BCUT2D eigenvalue weighted by Gasteiger charge is 2.41. The second-order valence-electron chi connectivity index (χ2n) is 7.37. The van der Waals surface area contributed by atoms with E-state index in [0.717, 1.165) is 42.6 Å². The highest BCUT2D eigenvalue weighted by atomic mass is 16.4. The first-order chi connectivity index (χ1) is 12.0. The molecule has 134 valence electrons. The molecule has 1 aliphatic rings. The highest BCUT2D eigenvalue weighted by molar-refractivity contribution is 5.68. The molecule has 0 radical (unpaired) electrons. The van der Waals surface area contributed by atoms with E-state index in [1.807, 2.05) is 42.2 Å². The summed E-state index contributed by atoms with van der Waals surface area (Å²) >= 11 is 0. The Bertz CT molecular complexity index is 677. The van der Waals surface area contributed by atoms with Crippen LogP contribution in [0.4, 0.5) is 0 Å². The van der Waals surface area contributed by atoms with Gasteiger partial charge in [-0.2, -0.15) is 0 Å². The number of nitrogens with zero attached hydrogens (tertiary/aromatic N) is 1. The molecule has 2 N–H and O–H groups in total. The Morgan fingerprint density at radius 3 is 2.20 bits per heavy atom. The highest BCUT2D eigenvalue weighted by Crippen LogP contribution is 2.37. The lowest BCUT2D eigenvalue weighted by atomic mass is 9.79. The number of piperidine rings is 1. The maximum Gasteiger partial charge on any atom is 0.136 e. The fourth-order valence-electron chi connectivity index (χ4n) is 3.83. The van der Waals surface area contributed by atoms with E-state index in [-0.39, 0.29) is 5.92 Å². The quantitative estimate of drug-likeness (QED) is 0.865. The average molecular weight is 339 g/mol. The molecule has 3 atom stereocenters. The second kappa shape index (κ2) is 7.69. The molecular formula is C22H29NO2. The summed E-state index contributed by atoms with van der Waals surface area (Å²) in [7, 11) is 0. The third kappa shape index (κ3) is 3.79. The zero-order valence-corrected chi connectivity index (χ0v) is 15.2. The molecule has 0 aliphatic carbocycles. The van der Waals surface area contributed by atoms with E-state index in [4.69, 9.17) is 0 Å². The van der Waals surface area contributed by atoms with Crippen LogP contribution < -0.4 is 0 Å². The van der Waals surface area contributed by atoms with Crippen molar-refractivity contribution in [2.75, 3.05) is 13.1 Å². The molecule has 3 rings (SSSR count). The zero-order valence-electron chi connectivity index (χ0n) is 15.2. The first kappa shape index (κ1) is 18.1. The van der Waals surface area contributed by atoms with Gasteiger partial charge in [-0.1, -0.05) is 67.9 Å². The number of aliphatic hydroxyl groups excluding tert-OH is 1. The van der Waals surface area contributed by atoms with E-state index in [9.17, 15) is 10.2 Å². The second-order valence-corrected chi connectivity index (χ2v) is 7.37. The topological polar surface area (TPSA) is 43.7 Å². The van der Waals surface area contributed by atoms with Crippen LogP contribution in [0.1, 0.15) is 44.6 Å². The van der Waals surface area contributed by atoms with E-state index < -0.39 is 11.8 Å². The molecule has 2 aromatic rings. The molecule has 0 spiro atoms. The molecule has 1 fully saturated rings. The standard InChI is InChI=1S/C22H29NO2/c1-17(22(2,25)21(24)23-15-9-4-10-16-23)19-13-7-8-14-20(19)18-11-5-3-6-12-18/h3,5-8,11-14,17,21,24-25H,4,9-10,15-16H2,1-2H3. The summed E-state index contributed by atoms with van der Waals surface area (Å²) in [4.78, 5) is 2.02. The lowest BCUT2D eigenvalue weighted by molar-refractivity contribution is -0.154. The summed E-state index contributed by atoms with van der Waals surface area (Å²) in [5.74, 6) is -0.194. The van der Waals surface area contributed by atoms with Crippen molar-refractivity contribution in [3.63, 3.8) is 0 Å². The van der Waals surface area contributed by atoms with Crippen LogP contribution in [0.2, 0.25) is 0 Å². The SMILES string of the molecule is CC(c1ccccc1-c1ccccc1)C(C)(O)C(O)N1CCCCC1. The summed E-state index contributed by atoms with van der Waals surface area (Å²) < 4.78 is 0. The van der Waals surface area contributed by atoms with Gasteiger partial charge in [-0.05, 0) is 36.5 Å². The van der Waals surface area contributed by atoms with Crippen molar-refractivity contribution in [2.45, 2.75) is 50.9 Å². The lowest BCUT2D eigenvalue weighted by Crippen LogP contribution is -2.55. The predicted molar refractivity (Wildman–Crippen MR) is 102 cm³/mol. The summed E-state index contributed by atoms with van der Waals surface area (Å²) in [6.45, 7) is 5.47. The van der Waals surface area contributed by atoms with Crippen molar-refractivity contribution >= 4 is 0 Å². The number of benzene rings is 2. The summed E-state index contributed by atoms with van der Waals surface area (Å²) in [6, 6.07) is 18.4. The van der Waals surface area contributed by atoms with Crippen LogP contribution in [-0.4, -0.2) is 40.0 Å². The van der Waals surface area contributed by atoms with Gasteiger partial charge in [0.05, 0.1) is 0 Å². The number of hydrogen-bond acceptors (Lipinski definition) is 3. The van der Waals surface area contributed by atoms with Crippen molar-refractivity contribution in [2.24, 2.45) is 0 Å². The molecule has 0 saturated carbocycles. The van der Waals surface area contributed by atoms with Crippen molar-refractivity contribution < 1.29 is 10.2 Å². The van der Waals surface area contributed by atoms with Crippen molar-refractivity contribution in [1.82, 2.24) is 4.90 Å². The summed E-state index contributed by atoms with van der Waals surface area (Å²) in [5, 5.41) is 22.1. The van der Waals surface area contributed by atoms with Gasteiger partial charge in [0.1, 0.15) is 11.8 Å². The lowest BCUT2D eigenvalue weighted by Gasteiger charge is -2.42. The molecule has 25 heavy (non-hydrogen) atoms. The van der Waals surface area contributed by atoms with Gasteiger partial charge >= 0.3 is 0 Å². The number of hydrogen-bond donors (Lipinski definition) is 2. The Morgan fingerprint density at radius 1 is 0.920 bits per heavy atom. The van der Waals surface area contributed by atoms with Gasteiger partial charge in [0.25, 0.3) is 0 Å². The van der Waals surface area contributed by atoms with Crippen LogP contribution in [0.25, 0.3) is 11.1 Å². The maximum absolute atomic E-state index is 11.2. The Kier molecular flexibility index (Phi) is 5.57. The fraction of sp³-hybridized carbons (Fsp3) is 0.455. The normalized spacial score (nSPS) is 20.6. The first-order valence-electron chi connectivity index (χ1n) is 9.30. The van der Waals surface area contributed by atoms with Crippen LogP contribution in [0.3, 0.4) is 0 Å².